The van der Waals surface area contributed by atoms with Crippen LogP contribution in [0.5, 0.6) is 0 Å². The number of hydrogen-bond acceptors (Lipinski definition) is 5. The van der Waals surface area contributed by atoms with Gasteiger partial charge >= 0.3 is 5.97 Å². The van der Waals surface area contributed by atoms with Gasteiger partial charge in [-0.05, 0) is 61.8 Å². The predicted octanol–water partition coefficient (Wildman–Crippen LogP) is 7.27. The number of aliphatic hydroxyl groups is 1. The van der Waals surface area contributed by atoms with E-state index in [0.29, 0.717) is 23.5 Å². The molecule has 0 fully saturated rings. The molecule has 208 valence electrons. The molecule has 0 radical (unpaired) electrons. The molecule has 0 bridgehead atoms. The Labute approximate surface area is 233 Å². The van der Waals surface area contributed by atoms with Gasteiger partial charge in [0.15, 0.2) is 0 Å². The lowest BCUT2D eigenvalue weighted by atomic mass is 9.77. The number of nitrogens with zero attached hydrogens (tertiary/aromatic N) is 3. The maximum atomic E-state index is 12.9. The minimum Gasteiger partial charge on any atom is -0.456 e. The number of aromatic nitrogens is 2. The summed E-state index contributed by atoms with van der Waals surface area (Å²) in [5, 5.41) is 22.0. The SMILES string of the molecule is CCCCc1nc(C(O)(C(C)C)C(C)C)c(C#N)n1Cc1ccc(-c2ccccc2C(=O)OC(C)(C)C)cc1. The quantitative estimate of drug-likeness (QED) is 0.279. The van der Waals surface area contributed by atoms with Crippen LogP contribution in [0.3, 0.4) is 0 Å². The smallest absolute Gasteiger partial charge is 0.339 e. The summed E-state index contributed by atoms with van der Waals surface area (Å²) in [4.78, 5) is 17.7. The summed E-state index contributed by atoms with van der Waals surface area (Å²) in [5.41, 5.74) is 2.36. The molecule has 6 heteroatoms. The third-order valence-electron chi connectivity index (χ3n) is 7.20. The van der Waals surface area contributed by atoms with Gasteiger partial charge in [-0.25, -0.2) is 9.78 Å². The highest BCUT2D eigenvalue weighted by atomic mass is 16.6. The molecule has 1 heterocycles. The van der Waals surface area contributed by atoms with Crippen LogP contribution in [0.4, 0.5) is 0 Å². The number of imidazole rings is 1. The van der Waals surface area contributed by atoms with Crippen LogP contribution in [0.1, 0.15) is 101 Å². The number of rotatable bonds is 10. The van der Waals surface area contributed by atoms with Gasteiger partial charge in [-0.2, -0.15) is 5.26 Å². The number of esters is 1. The Morgan fingerprint density at radius 2 is 1.67 bits per heavy atom. The maximum absolute atomic E-state index is 12.9. The Hall–Kier alpha value is -3.43. The minimum absolute atomic E-state index is 0.101. The number of carbonyl (C=O) groups is 1. The van der Waals surface area contributed by atoms with Crippen molar-refractivity contribution in [3.8, 4) is 17.2 Å². The third-order valence-corrected chi connectivity index (χ3v) is 7.20. The van der Waals surface area contributed by atoms with Gasteiger partial charge in [0.25, 0.3) is 0 Å². The molecule has 3 aromatic rings. The van der Waals surface area contributed by atoms with E-state index in [2.05, 4.69) is 13.0 Å². The first kappa shape index (κ1) is 30.1. The Morgan fingerprint density at radius 3 is 2.21 bits per heavy atom. The van der Waals surface area contributed by atoms with Crippen molar-refractivity contribution in [3.63, 3.8) is 0 Å². The highest BCUT2D eigenvalue weighted by molar-refractivity contribution is 5.97. The van der Waals surface area contributed by atoms with E-state index in [1.807, 2.05) is 95.5 Å². The fourth-order valence-electron chi connectivity index (χ4n) is 5.02. The summed E-state index contributed by atoms with van der Waals surface area (Å²) in [7, 11) is 0. The molecule has 1 aromatic heterocycles. The van der Waals surface area contributed by atoms with Gasteiger partial charge in [-0.15, -0.1) is 0 Å². The molecule has 3 rings (SSSR count). The van der Waals surface area contributed by atoms with Gasteiger partial charge in [0.1, 0.15) is 34.5 Å². The second kappa shape index (κ2) is 12.2. The van der Waals surface area contributed by atoms with E-state index in [1.54, 1.807) is 6.07 Å². The lowest BCUT2D eigenvalue weighted by Crippen LogP contribution is -2.39. The van der Waals surface area contributed by atoms with Gasteiger partial charge < -0.3 is 14.4 Å². The monoisotopic (exact) mass is 529 g/mol. The number of ether oxygens (including phenoxy) is 1. The van der Waals surface area contributed by atoms with Crippen molar-refractivity contribution in [2.45, 2.75) is 92.4 Å². The van der Waals surface area contributed by atoms with E-state index in [4.69, 9.17) is 9.72 Å². The fraction of sp³-hybridized carbons (Fsp3) is 0.485. The van der Waals surface area contributed by atoms with Gasteiger partial charge in [0, 0.05) is 13.0 Å². The number of aryl methyl sites for hydroxylation is 1. The van der Waals surface area contributed by atoms with E-state index < -0.39 is 11.2 Å². The van der Waals surface area contributed by atoms with Crippen LogP contribution >= 0.6 is 0 Å². The summed E-state index contributed by atoms with van der Waals surface area (Å²) in [6.45, 7) is 16.1. The first-order chi connectivity index (χ1) is 18.3. The van der Waals surface area contributed by atoms with Crippen molar-refractivity contribution in [1.82, 2.24) is 9.55 Å². The fourth-order valence-corrected chi connectivity index (χ4v) is 5.02. The van der Waals surface area contributed by atoms with E-state index in [1.165, 1.54) is 0 Å². The second-order valence-corrected chi connectivity index (χ2v) is 11.9. The lowest BCUT2D eigenvalue weighted by Gasteiger charge is -2.35. The Morgan fingerprint density at radius 1 is 1.05 bits per heavy atom. The molecule has 0 aliphatic heterocycles. The first-order valence-electron chi connectivity index (χ1n) is 14.0. The molecular formula is C33H43N3O3. The molecule has 6 nitrogen and oxygen atoms in total. The zero-order chi connectivity index (χ0) is 29.0. The van der Waals surface area contributed by atoms with E-state index >= 15 is 0 Å². The highest BCUT2D eigenvalue weighted by Gasteiger charge is 2.42. The molecule has 0 saturated carbocycles. The third kappa shape index (κ3) is 6.59. The van der Waals surface area contributed by atoms with E-state index in [9.17, 15) is 15.2 Å². The standard InChI is InChI=1S/C33H43N3O3/c1-9-10-15-29-35-30(33(38,22(2)3)23(4)5)28(20-34)36(29)21-24-16-18-25(19-17-24)26-13-11-12-14-27(26)31(37)39-32(6,7)8/h11-14,16-19,22-23,38H,9-10,15,21H2,1-8H3. The largest absolute Gasteiger partial charge is 0.456 e. The van der Waals surface area contributed by atoms with E-state index in [-0.39, 0.29) is 17.8 Å². The Bertz CT molecular complexity index is 1310. The molecule has 0 aliphatic carbocycles. The van der Waals surface area contributed by atoms with Crippen LogP contribution in [0.15, 0.2) is 48.5 Å². The molecule has 0 saturated heterocycles. The van der Waals surface area contributed by atoms with Crippen molar-refractivity contribution in [2.24, 2.45) is 11.8 Å². The van der Waals surface area contributed by atoms with E-state index in [0.717, 1.165) is 41.8 Å². The molecule has 0 aliphatic rings. The number of carbonyl (C=O) groups excluding carboxylic acids is 1. The summed E-state index contributed by atoms with van der Waals surface area (Å²) < 4.78 is 7.59. The summed E-state index contributed by atoms with van der Waals surface area (Å²) in [5.74, 6) is 0.269. The molecule has 0 unspecified atom stereocenters. The lowest BCUT2D eigenvalue weighted by molar-refractivity contribution is -0.0569. The van der Waals surface area contributed by atoms with Crippen molar-refractivity contribution in [3.05, 3.63) is 76.9 Å². The first-order valence-corrected chi connectivity index (χ1v) is 14.0. The minimum atomic E-state index is -1.20. The summed E-state index contributed by atoms with van der Waals surface area (Å²) >= 11 is 0. The predicted molar refractivity (Wildman–Crippen MR) is 155 cm³/mol. The van der Waals surface area contributed by atoms with Gasteiger partial charge in [0.2, 0.25) is 0 Å². The average molecular weight is 530 g/mol. The zero-order valence-corrected chi connectivity index (χ0v) is 24.7. The summed E-state index contributed by atoms with van der Waals surface area (Å²) in [6, 6.07) is 17.8. The molecule has 0 amide bonds. The second-order valence-electron chi connectivity index (χ2n) is 11.9. The molecule has 1 N–H and O–H groups in total. The van der Waals surface area contributed by atoms with Crippen LogP contribution in [0, 0.1) is 23.2 Å². The van der Waals surface area contributed by atoms with Crippen LogP contribution in [-0.4, -0.2) is 26.2 Å². The molecule has 0 spiro atoms. The number of nitriles is 1. The summed E-state index contributed by atoms with van der Waals surface area (Å²) in [6.07, 6.45) is 2.69. The normalized spacial score (nSPS) is 12.2. The topological polar surface area (TPSA) is 88.1 Å². The van der Waals surface area contributed by atoms with Crippen LogP contribution < -0.4 is 0 Å². The Balaban J connectivity index is 2.01. The zero-order valence-electron chi connectivity index (χ0n) is 24.7. The molecule has 0 atom stereocenters. The van der Waals surface area contributed by atoms with Crippen LogP contribution in [0.2, 0.25) is 0 Å². The molecule has 39 heavy (non-hydrogen) atoms. The van der Waals surface area contributed by atoms with Gasteiger partial charge in [0.05, 0.1) is 5.56 Å². The highest BCUT2D eigenvalue weighted by Crippen LogP contribution is 2.38. The number of hydrogen-bond donors (Lipinski definition) is 1. The van der Waals surface area contributed by atoms with Gasteiger partial charge in [-0.1, -0.05) is 83.5 Å². The number of unbranched alkanes of at least 4 members (excludes halogenated alkanes) is 1. The average Bonchev–Trinajstić information content (AvgIpc) is 3.23. The Kier molecular flexibility index (Phi) is 9.40. The van der Waals surface area contributed by atoms with Gasteiger partial charge in [-0.3, -0.25) is 0 Å². The number of benzene rings is 2. The van der Waals surface area contributed by atoms with Crippen molar-refractivity contribution < 1.29 is 14.6 Å². The van der Waals surface area contributed by atoms with Crippen molar-refractivity contribution in [1.29, 1.82) is 5.26 Å². The van der Waals surface area contributed by atoms with Crippen molar-refractivity contribution in [2.75, 3.05) is 0 Å². The van der Waals surface area contributed by atoms with Crippen LogP contribution in [0.25, 0.3) is 11.1 Å². The molecular weight excluding hydrogens is 486 g/mol. The molecule has 2 aromatic carbocycles. The van der Waals surface area contributed by atoms with Crippen LogP contribution in [-0.2, 0) is 23.3 Å². The van der Waals surface area contributed by atoms with Crippen molar-refractivity contribution >= 4 is 5.97 Å². The maximum Gasteiger partial charge on any atom is 0.339 e.